The summed E-state index contributed by atoms with van der Waals surface area (Å²) >= 11 is 3.31. The zero-order chi connectivity index (χ0) is 13.4. The SMILES string of the molecule is O=C(c1cccc(Br)c1)c1cc2cc(F)ccc2o1. The number of fused-ring (bicyclic) bond motifs is 1. The van der Waals surface area contributed by atoms with Gasteiger partial charge in [0.05, 0.1) is 0 Å². The maximum absolute atomic E-state index is 13.1. The van der Waals surface area contributed by atoms with Gasteiger partial charge >= 0.3 is 0 Å². The van der Waals surface area contributed by atoms with Gasteiger partial charge in [-0.05, 0) is 36.4 Å². The monoisotopic (exact) mass is 318 g/mol. The molecule has 0 saturated carbocycles. The van der Waals surface area contributed by atoms with Crippen molar-refractivity contribution in [2.75, 3.05) is 0 Å². The van der Waals surface area contributed by atoms with Crippen LogP contribution in [0.1, 0.15) is 16.1 Å². The number of hydrogen-bond donors (Lipinski definition) is 0. The molecule has 0 unspecified atom stereocenters. The highest BCUT2D eigenvalue weighted by Gasteiger charge is 2.15. The van der Waals surface area contributed by atoms with Crippen LogP contribution < -0.4 is 0 Å². The van der Waals surface area contributed by atoms with Crippen LogP contribution in [0.25, 0.3) is 11.0 Å². The number of carbonyl (C=O) groups is 1. The van der Waals surface area contributed by atoms with E-state index in [0.717, 1.165) is 4.47 Å². The standard InChI is InChI=1S/C15H8BrFO2/c16-11-3-1-2-9(6-11)15(18)14-8-10-7-12(17)4-5-13(10)19-14/h1-8H. The normalized spacial score (nSPS) is 10.8. The molecule has 1 aromatic heterocycles. The molecule has 3 rings (SSSR count). The first kappa shape index (κ1) is 12.1. The molecule has 1 heterocycles. The van der Waals surface area contributed by atoms with Gasteiger partial charge in [0, 0.05) is 15.4 Å². The van der Waals surface area contributed by atoms with E-state index in [9.17, 15) is 9.18 Å². The summed E-state index contributed by atoms with van der Waals surface area (Å²) in [5.74, 6) is -0.369. The molecular formula is C15H8BrFO2. The van der Waals surface area contributed by atoms with Gasteiger partial charge in [0.25, 0.3) is 0 Å². The molecule has 0 amide bonds. The number of hydrogen-bond acceptors (Lipinski definition) is 2. The summed E-state index contributed by atoms with van der Waals surface area (Å²) in [6.07, 6.45) is 0. The Labute approximate surface area is 117 Å². The van der Waals surface area contributed by atoms with Crippen molar-refractivity contribution >= 4 is 32.7 Å². The molecule has 0 bridgehead atoms. The van der Waals surface area contributed by atoms with Gasteiger partial charge in [-0.25, -0.2) is 4.39 Å². The lowest BCUT2D eigenvalue weighted by atomic mass is 10.1. The van der Waals surface area contributed by atoms with E-state index in [4.69, 9.17) is 4.42 Å². The fourth-order valence-corrected chi connectivity index (χ4v) is 2.30. The smallest absolute Gasteiger partial charge is 0.228 e. The lowest BCUT2D eigenvalue weighted by molar-refractivity contribution is 0.101. The van der Waals surface area contributed by atoms with Crippen LogP contribution >= 0.6 is 15.9 Å². The van der Waals surface area contributed by atoms with Crippen LogP contribution in [0.2, 0.25) is 0 Å². The third-order valence-electron chi connectivity index (χ3n) is 2.79. The molecule has 0 aliphatic rings. The van der Waals surface area contributed by atoms with Crippen LogP contribution in [0.5, 0.6) is 0 Å². The number of furan rings is 1. The van der Waals surface area contributed by atoms with Crippen molar-refractivity contribution in [2.45, 2.75) is 0 Å². The highest BCUT2D eigenvalue weighted by Crippen LogP contribution is 2.23. The molecule has 4 heteroatoms. The number of halogens is 2. The zero-order valence-corrected chi connectivity index (χ0v) is 11.3. The Morgan fingerprint density at radius 1 is 1.11 bits per heavy atom. The van der Waals surface area contributed by atoms with Gasteiger partial charge in [-0.1, -0.05) is 28.1 Å². The maximum atomic E-state index is 13.1. The molecular weight excluding hydrogens is 311 g/mol. The molecule has 0 aliphatic heterocycles. The first-order valence-corrected chi connectivity index (χ1v) is 6.42. The summed E-state index contributed by atoms with van der Waals surface area (Å²) < 4.78 is 19.4. The molecule has 19 heavy (non-hydrogen) atoms. The second kappa shape index (κ2) is 4.63. The topological polar surface area (TPSA) is 30.2 Å². The minimum absolute atomic E-state index is 0.207. The lowest BCUT2D eigenvalue weighted by Gasteiger charge is -1.97. The van der Waals surface area contributed by atoms with E-state index < -0.39 is 0 Å². The summed E-state index contributed by atoms with van der Waals surface area (Å²) in [5, 5.41) is 0.582. The summed E-state index contributed by atoms with van der Waals surface area (Å²) in [6.45, 7) is 0. The third kappa shape index (κ3) is 2.31. The molecule has 2 aromatic carbocycles. The van der Waals surface area contributed by atoms with Crippen molar-refractivity contribution in [2.24, 2.45) is 0 Å². The van der Waals surface area contributed by atoms with Crippen LogP contribution in [-0.4, -0.2) is 5.78 Å². The average molecular weight is 319 g/mol. The first-order chi connectivity index (χ1) is 9.13. The van der Waals surface area contributed by atoms with Crippen molar-refractivity contribution < 1.29 is 13.6 Å². The van der Waals surface area contributed by atoms with Gasteiger partial charge < -0.3 is 4.42 Å². The van der Waals surface area contributed by atoms with Crippen LogP contribution in [0.4, 0.5) is 4.39 Å². The van der Waals surface area contributed by atoms with Crippen LogP contribution in [0.3, 0.4) is 0 Å². The lowest BCUT2D eigenvalue weighted by Crippen LogP contribution is -1.98. The Kier molecular flexibility index (Phi) is 2.95. The number of ketones is 1. The molecule has 0 saturated heterocycles. The van der Waals surface area contributed by atoms with Crippen LogP contribution in [0, 0.1) is 5.82 Å². The quantitative estimate of drug-likeness (QED) is 0.648. The molecule has 0 aliphatic carbocycles. The van der Waals surface area contributed by atoms with E-state index in [2.05, 4.69) is 15.9 Å². The van der Waals surface area contributed by atoms with Crippen molar-refractivity contribution in [1.82, 2.24) is 0 Å². The van der Waals surface area contributed by atoms with Crippen LogP contribution in [0.15, 0.2) is 57.4 Å². The van der Waals surface area contributed by atoms with E-state index in [-0.39, 0.29) is 17.4 Å². The Bertz CT molecular complexity index is 777. The molecule has 3 aromatic rings. The number of rotatable bonds is 2. The fraction of sp³-hybridized carbons (Fsp3) is 0. The van der Waals surface area contributed by atoms with E-state index in [1.54, 1.807) is 24.3 Å². The minimum atomic E-state index is -0.352. The largest absolute Gasteiger partial charge is 0.453 e. The predicted molar refractivity (Wildman–Crippen MR) is 73.7 cm³/mol. The van der Waals surface area contributed by atoms with Gasteiger partial charge in [-0.2, -0.15) is 0 Å². The van der Waals surface area contributed by atoms with Gasteiger partial charge in [0.2, 0.25) is 5.78 Å². The average Bonchev–Trinajstić information content (AvgIpc) is 2.80. The Balaban J connectivity index is 2.06. The van der Waals surface area contributed by atoms with Crippen molar-refractivity contribution in [3.8, 4) is 0 Å². The summed E-state index contributed by atoms with van der Waals surface area (Å²) in [4.78, 5) is 12.2. The number of carbonyl (C=O) groups excluding carboxylic acids is 1. The molecule has 0 spiro atoms. The second-order valence-corrected chi connectivity index (χ2v) is 5.05. The Morgan fingerprint density at radius 3 is 2.74 bits per heavy atom. The molecule has 0 atom stereocenters. The first-order valence-electron chi connectivity index (χ1n) is 5.63. The fourth-order valence-electron chi connectivity index (χ4n) is 1.90. The Morgan fingerprint density at radius 2 is 1.95 bits per heavy atom. The van der Waals surface area contributed by atoms with Crippen molar-refractivity contribution in [1.29, 1.82) is 0 Å². The van der Waals surface area contributed by atoms with Crippen LogP contribution in [-0.2, 0) is 0 Å². The maximum Gasteiger partial charge on any atom is 0.228 e. The highest BCUT2D eigenvalue weighted by atomic mass is 79.9. The number of benzene rings is 2. The highest BCUT2D eigenvalue weighted by molar-refractivity contribution is 9.10. The summed E-state index contributed by atoms with van der Waals surface area (Å²) in [6, 6.07) is 12.8. The van der Waals surface area contributed by atoms with Gasteiger partial charge in [0.15, 0.2) is 5.76 Å². The molecule has 0 N–H and O–H groups in total. The predicted octanol–water partition coefficient (Wildman–Crippen LogP) is 4.57. The van der Waals surface area contributed by atoms with Gasteiger partial charge in [0.1, 0.15) is 11.4 Å². The summed E-state index contributed by atoms with van der Waals surface area (Å²) in [7, 11) is 0. The molecule has 2 nitrogen and oxygen atoms in total. The third-order valence-corrected chi connectivity index (χ3v) is 3.28. The van der Waals surface area contributed by atoms with Gasteiger partial charge in [-0.15, -0.1) is 0 Å². The minimum Gasteiger partial charge on any atom is -0.453 e. The molecule has 0 radical (unpaired) electrons. The van der Waals surface area contributed by atoms with E-state index in [0.29, 0.717) is 16.5 Å². The van der Waals surface area contributed by atoms with E-state index in [1.807, 2.05) is 6.07 Å². The molecule has 94 valence electrons. The second-order valence-electron chi connectivity index (χ2n) is 4.13. The Hall–Kier alpha value is -1.94. The zero-order valence-electron chi connectivity index (χ0n) is 9.69. The van der Waals surface area contributed by atoms with Crippen molar-refractivity contribution in [3.05, 3.63) is 70.1 Å². The summed E-state index contributed by atoms with van der Waals surface area (Å²) in [5.41, 5.74) is 1.02. The van der Waals surface area contributed by atoms with Gasteiger partial charge in [-0.3, -0.25) is 4.79 Å². The van der Waals surface area contributed by atoms with E-state index in [1.165, 1.54) is 18.2 Å². The van der Waals surface area contributed by atoms with Crippen molar-refractivity contribution in [3.63, 3.8) is 0 Å². The van der Waals surface area contributed by atoms with E-state index >= 15 is 0 Å². The molecule has 0 fully saturated rings.